The monoisotopic (exact) mass is 464 g/mol. The maximum absolute atomic E-state index is 13.5. The maximum Gasteiger partial charge on any atom is 0.243 e. The molecule has 3 rings (SSSR count). The highest BCUT2D eigenvalue weighted by atomic mass is 32.2. The number of piperazine rings is 1. The van der Waals surface area contributed by atoms with Crippen LogP contribution in [0.4, 0.5) is 0 Å². The zero-order valence-corrected chi connectivity index (χ0v) is 21.0. The van der Waals surface area contributed by atoms with Crippen LogP contribution in [0.1, 0.15) is 38.9 Å². The number of sulfonamides is 2. The second-order valence-corrected chi connectivity index (χ2v) is 12.3. The van der Waals surface area contributed by atoms with E-state index >= 15 is 0 Å². The van der Waals surface area contributed by atoms with Gasteiger partial charge in [-0.15, -0.1) is 0 Å². The predicted molar refractivity (Wildman–Crippen MR) is 124 cm³/mol. The molecule has 0 bridgehead atoms. The third kappa shape index (κ3) is 4.06. The lowest BCUT2D eigenvalue weighted by molar-refractivity contribution is 0.272. The highest BCUT2D eigenvalue weighted by Crippen LogP contribution is 2.32. The predicted octanol–water partition coefficient (Wildman–Crippen LogP) is 3.54. The minimum Gasteiger partial charge on any atom is -0.207 e. The van der Waals surface area contributed by atoms with Crippen molar-refractivity contribution in [1.82, 2.24) is 8.61 Å². The summed E-state index contributed by atoms with van der Waals surface area (Å²) in [5.41, 5.74) is 6.19. The van der Waals surface area contributed by atoms with Gasteiger partial charge in [0.25, 0.3) is 0 Å². The van der Waals surface area contributed by atoms with E-state index in [1.807, 2.05) is 47.6 Å². The largest absolute Gasteiger partial charge is 0.243 e. The van der Waals surface area contributed by atoms with Crippen molar-refractivity contribution in [2.45, 2.75) is 58.3 Å². The fourth-order valence-electron chi connectivity index (χ4n) is 4.26. The van der Waals surface area contributed by atoms with Crippen molar-refractivity contribution in [3.8, 4) is 0 Å². The van der Waals surface area contributed by atoms with Crippen LogP contribution in [0.5, 0.6) is 0 Å². The Bertz CT molecular complexity index is 1210. The lowest BCUT2D eigenvalue weighted by atomic mass is 9.95. The van der Waals surface area contributed by atoms with Crippen molar-refractivity contribution in [2.75, 3.05) is 26.2 Å². The van der Waals surface area contributed by atoms with Crippen molar-refractivity contribution in [2.24, 2.45) is 0 Å². The zero-order valence-electron chi connectivity index (χ0n) is 19.4. The molecular formula is C23H32N2O4S2. The number of aryl methyl sites for hydroxylation is 2. The number of hydrogen-bond donors (Lipinski definition) is 0. The molecule has 0 N–H and O–H groups in total. The van der Waals surface area contributed by atoms with Gasteiger partial charge < -0.3 is 0 Å². The first-order valence-corrected chi connectivity index (χ1v) is 13.3. The van der Waals surface area contributed by atoms with E-state index in [0.29, 0.717) is 15.4 Å². The van der Waals surface area contributed by atoms with Gasteiger partial charge in [0.05, 0.1) is 9.79 Å². The fraction of sp³-hybridized carbons (Fsp3) is 0.478. The quantitative estimate of drug-likeness (QED) is 0.694. The molecular weight excluding hydrogens is 432 g/mol. The van der Waals surface area contributed by atoms with Crippen molar-refractivity contribution in [1.29, 1.82) is 0 Å². The van der Waals surface area contributed by atoms with Gasteiger partial charge >= 0.3 is 0 Å². The Morgan fingerprint density at radius 1 is 0.613 bits per heavy atom. The van der Waals surface area contributed by atoms with Crippen LogP contribution in [0.2, 0.25) is 0 Å². The number of hydrogen-bond acceptors (Lipinski definition) is 4. The number of benzene rings is 2. The molecule has 0 spiro atoms. The summed E-state index contributed by atoms with van der Waals surface area (Å²) in [5.74, 6) is 0. The average molecular weight is 465 g/mol. The Kier molecular flexibility index (Phi) is 6.41. The van der Waals surface area contributed by atoms with E-state index < -0.39 is 20.0 Å². The average Bonchev–Trinajstić information content (AvgIpc) is 2.72. The van der Waals surface area contributed by atoms with Crippen LogP contribution < -0.4 is 0 Å². The van der Waals surface area contributed by atoms with E-state index in [-0.39, 0.29) is 26.2 Å². The van der Waals surface area contributed by atoms with E-state index in [4.69, 9.17) is 0 Å². The van der Waals surface area contributed by atoms with Crippen molar-refractivity contribution in [3.05, 3.63) is 57.1 Å². The Labute approximate surface area is 187 Å². The SMILES string of the molecule is Cc1ccc(C)c(S(=O)(=O)N2CCN(S(=O)(=O)c3c(C)c(C)c(C)c(C)c3C)CC2)c1. The van der Waals surface area contributed by atoms with Crippen molar-refractivity contribution in [3.63, 3.8) is 0 Å². The topological polar surface area (TPSA) is 74.8 Å². The zero-order chi connectivity index (χ0) is 23.3. The van der Waals surface area contributed by atoms with Crippen LogP contribution in [0.3, 0.4) is 0 Å². The molecule has 8 heteroatoms. The Hall–Kier alpha value is -1.74. The van der Waals surface area contributed by atoms with E-state index in [9.17, 15) is 16.8 Å². The Morgan fingerprint density at radius 2 is 1.03 bits per heavy atom. The fourth-order valence-corrected chi connectivity index (χ4v) is 7.97. The molecule has 6 nitrogen and oxygen atoms in total. The first kappa shape index (κ1) is 23.9. The molecule has 1 saturated heterocycles. The smallest absolute Gasteiger partial charge is 0.207 e. The Balaban J connectivity index is 1.90. The molecule has 0 aliphatic carbocycles. The molecule has 1 aliphatic rings. The number of nitrogens with zero attached hydrogens (tertiary/aromatic N) is 2. The van der Waals surface area contributed by atoms with Gasteiger partial charge in [-0.25, -0.2) is 16.8 Å². The molecule has 1 heterocycles. The minimum atomic E-state index is -3.72. The van der Waals surface area contributed by atoms with E-state index in [0.717, 1.165) is 33.4 Å². The first-order chi connectivity index (χ1) is 14.3. The van der Waals surface area contributed by atoms with Crippen LogP contribution in [0.15, 0.2) is 28.0 Å². The minimum absolute atomic E-state index is 0.136. The normalized spacial score (nSPS) is 16.6. The molecule has 31 heavy (non-hydrogen) atoms. The second kappa shape index (κ2) is 8.31. The molecule has 0 atom stereocenters. The molecule has 0 aromatic heterocycles. The summed E-state index contributed by atoms with van der Waals surface area (Å²) < 4.78 is 56.2. The lowest BCUT2D eigenvalue weighted by Gasteiger charge is -2.34. The van der Waals surface area contributed by atoms with Gasteiger partial charge in [0.1, 0.15) is 0 Å². The van der Waals surface area contributed by atoms with Crippen LogP contribution in [-0.4, -0.2) is 51.6 Å². The third-order valence-electron chi connectivity index (χ3n) is 6.69. The summed E-state index contributed by atoms with van der Waals surface area (Å²) in [6.45, 7) is 13.8. The lowest BCUT2D eigenvalue weighted by Crippen LogP contribution is -2.50. The van der Waals surface area contributed by atoms with Gasteiger partial charge in [0, 0.05) is 26.2 Å². The van der Waals surface area contributed by atoms with Gasteiger partial charge in [-0.2, -0.15) is 8.61 Å². The standard InChI is InChI=1S/C23H32N2O4S2/c1-15-8-9-16(2)22(14-15)30(26,27)24-10-12-25(13-11-24)31(28,29)23-20(6)18(4)17(3)19(5)21(23)7/h8-9,14H,10-13H2,1-7H3. The molecule has 2 aromatic rings. The van der Waals surface area contributed by atoms with Gasteiger partial charge in [-0.1, -0.05) is 12.1 Å². The summed E-state index contributed by atoms with van der Waals surface area (Å²) in [5, 5.41) is 0. The van der Waals surface area contributed by atoms with Crippen LogP contribution in [-0.2, 0) is 20.0 Å². The maximum atomic E-state index is 13.5. The molecule has 0 amide bonds. The summed E-state index contributed by atoms with van der Waals surface area (Å²) in [6.07, 6.45) is 0. The van der Waals surface area contributed by atoms with Crippen LogP contribution >= 0.6 is 0 Å². The molecule has 1 fully saturated rings. The number of rotatable bonds is 4. The first-order valence-electron chi connectivity index (χ1n) is 10.4. The van der Waals surface area contributed by atoms with Crippen LogP contribution in [0.25, 0.3) is 0 Å². The van der Waals surface area contributed by atoms with Gasteiger partial charge in [-0.3, -0.25) is 0 Å². The van der Waals surface area contributed by atoms with E-state index in [1.54, 1.807) is 19.1 Å². The second-order valence-electron chi connectivity index (χ2n) is 8.53. The van der Waals surface area contributed by atoms with Gasteiger partial charge in [0.15, 0.2) is 0 Å². The van der Waals surface area contributed by atoms with Gasteiger partial charge in [0.2, 0.25) is 20.0 Å². The highest BCUT2D eigenvalue weighted by Gasteiger charge is 2.36. The molecule has 2 aromatic carbocycles. The molecule has 0 unspecified atom stereocenters. The van der Waals surface area contributed by atoms with Crippen molar-refractivity contribution < 1.29 is 16.8 Å². The summed E-state index contributed by atoms with van der Waals surface area (Å²) in [4.78, 5) is 0.652. The Morgan fingerprint density at radius 3 is 1.52 bits per heavy atom. The molecule has 0 saturated carbocycles. The molecule has 1 aliphatic heterocycles. The van der Waals surface area contributed by atoms with Crippen molar-refractivity contribution >= 4 is 20.0 Å². The summed E-state index contributed by atoms with van der Waals surface area (Å²) >= 11 is 0. The summed E-state index contributed by atoms with van der Waals surface area (Å²) in [6, 6.07) is 5.37. The van der Waals surface area contributed by atoms with Gasteiger partial charge in [-0.05, 0) is 93.5 Å². The summed E-state index contributed by atoms with van der Waals surface area (Å²) in [7, 11) is -7.39. The third-order valence-corrected chi connectivity index (χ3v) is 10.9. The van der Waals surface area contributed by atoms with E-state index in [2.05, 4.69) is 0 Å². The van der Waals surface area contributed by atoms with E-state index in [1.165, 1.54) is 8.61 Å². The molecule has 170 valence electrons. The van der Waals surface area contributed by atoms with Crippen LogP contribution in [0, 0.1) is 48.5 Å². The molecule has 0 radical (unpaired) electrons. The highest BCUT2D eigenvalue weighted by molar-refractivity contribution is 7.89.